The lowest BCUT2D eigenvalue weighted by Gasteiger charge is -2.17. The Morgan fingerprint density at radius 3 is 2.64 bits per heavy atom. The Hall–Kier alpha value is -1.06. The van der Waals surface area contributed by atoms with Gasteiger partial charge in [0.1, 0.15) is 0 Å². The van der Waals surface area contributed by atoms with Crippen LogP contribution in [0.25, 0.3) is 0 Å². The first-order valence-electron chi connectivity index (χ1n) is 3.51. The second kappa shape index (κ2) is 2.53. The topological polar surface area (TPSA) is 47.9 Å². The van der Waals surface area contributed by atoms with Gasteiger partial charge < -0.3 is 9.47 Å². The molecule has 1 amide bonds. The van der Waals surface area contributed by atoms with Gasteiger partial charge in [-0.3, -0.25) is 0 Å². The summed E-state index contributed by atoms with van der Waals surface area (Å²) in [6, 6.07) is 0. The van der Waals surface area contributed by atoms with Crippen molar-refractivity contribution in [3.63, 3.8) is 0 Å². The molecule has 1 rings (SSSR count). The van der Waals surface area contributed by atoms with Crippen molar-refractivity contribution < 1.29 is 14.3 Å². The number of hydrogen-bond acceptors (Lipinski definition) is 3. The van der Waals surface area contributed by atoms with Gasteiger partial charge >= 0.3 is 6.09 Å². The molecule has 4 heteroatoms. The number of cyclic esters (lactones) is 1. The number of amides is 1. The fourth-order valence-corrected chi connectivity index (χ4v) is 0.845. The van der Waals surface area contributed by atoms with Gasteiger partial charge in [0.25, 0.3) is 0 Å². The highest BCUT2D eigenvalue weighted by Gasteiger charge is 2.37. The van der Waals surface area contributed by atoms with Gasteiger partial charge in [0.15, 0.2) is 5.60 Å². The summed E-state index contributed by atoms with van der Waals surface area (Å²) < 4.78 is 9.94. The molecule has 0 aromatic heterocycles. The lowest BCUT2D eigenvalue weighted by Crippen LogP contribution is -2.32. The molecule has 0 fully saturated rings. The quantitative estimate of drug-likeness (QED) is 0.577. The van der Waals surface area contributed by atoms with E-state index in [0.717, 1.165) is 0 Å². The third-order valence-electron chi connectivity index (χ3n) is 1.33. The van der Waals surface area contributed by atoms with E-state index in [1.165, 1.54) is 0 Å². The molecule has 0 N–H and O–H groups in total. The molecular weight excluding hydrogens is 146 g/mol. The summed E-state index contributed by atoms with van der Waals surface area (Å²) in [7, 11) is 0. The summed E-state index contributed by atoms with van der Waals surface area (Å²) in [6.45, 7) is 5.82. The van der Waals surface area contributed by atoms with E-state index < -0.39 is 11.7 Å². The third kappa shape index (κ3) is 1.50. The SMILES string of the molecule is CCOC1=NC(=O)OC1(C)C. The van der Waals surface area contributed by atoms with Crippen LogP contribution in [-0.2, 0) is 9.47 Å². The van der Waals surface area contributed by atoms with Crippen molar-refractivity contribution in [2.45, 2.75) is 26.4 Å². The van der Waals surface area contributed by atoms with Crippen LogP contribution in [0, 0.1) is 0 Å². The lowest BCUT2D eigenvalue weighted by atomic mass is 10.1. The fraction of sp³-hybridized carbons (Fsp3) is 0.714. The van der Waals surface area contributed by atoms with Crippen molar-refractivity contribution in [2.24, 2.45) is 4.99 Å². The number of aliphatic imine (C=N–C) groups is 1. The summed E-state index contributed by atoms with van der Waals surface area (Å²) in [5.41, 5.74) is -0.687. The van der Waals surface area contributed by atoms with Crippen molar-refractivity contribution in [3.8, 4) is 0 Å². The van der Waals surface area contributed by atoms with E-state index in [4.69, 9.17) is 9.47 Å². The molecule has 1 aliphatic rings. The Kier molecular flexibility index (Phi) is 1.85. The van der Waals surface area contributed by atoms with Gasteiger partial charge in [0.05, 0.1) is 6.61 Å². The van der Waals surface area contributed by atoms with Crippen molar-refractivity contribution in [1.82, 2.24) is 0 Å². The van der Waals surface area contributed by atoms with Crippen LogP contribution in [0.3, 0.4) is 0 Å². The number of nitrogens with zero attached hydrogens (tertiary/aromatic N) is 1. The molecule has 1 aliphatic heterocycles. The maximum Gasteiger partial charge on any atom is 0.437 e. The lowest BCUT2D eigenvalue weighted by molar-refractivity contribution is 0.0922. The molecule has 0 unspecified atom stereocenters. The first-order chi connectivity index (χ1) is 5.06. The molecule has 0 saturated carbocycles. The molecule has 11 heavy (non-hydrogen) atoms. The van der Waals surface area contributed by atoms with Gasteiger partial charge in [-0.2, -0.15) is 0 Å². The minimum Gasteiger partial charge on any atom is -0.478 e. The van der Waals surface area contributed by atoms with Crippen LogP contribution in [-0.4, -0.2) is 24.2 Å². The molecule has 0 radical (unpaired) electrons. The Morgan fingerprint density at radius 2 is 2.27 bits per heavy atom. The largest absolute Gasteiger partial charge is 0.478 e. The average Bonchev–Trinajstić information content (AvgIpc) is 2.07. The van der Waals surface area contributed by atoms with Crippen LogP contribution in [0.15, 0.2) is 4.99 Å². The number of ether oxygens (including phenoxy) is 2. The number of rotatable bonds is 1. The second-order valence-electron chi connectivity index (χ2n) is 2.73. The first-order valence-corrected chi connectivity index (χ1v) is 3.51. The third-order valence-corrected chi connectivity index (χ3v) is 1.33. The Balaban J connectivity index is 2.75. The zero-order chi connectivity index (χ0) is 8.48. The first kappa shape index (κ1) is 8.04. The maximum atomic E-state index is 10.7. The van der Waals surface area contributed by atoms with Crippen LogP contribution in [0.4, 0.5) is 4.79 Å². The molecule has 0 aliphatic carbocycles. The number of carbonyl (C=O) groups is 1. The zero-order valence-electron chi connectivity index (χ0n) is 6.88. The van der Waals surface area contributed by atoms with E-state index in [1.807, 2.05) is 6.92 Å². The van der Waals surface area contributed by atoms with Crippen molar-refractivity contribution in [1.29, 1.82) is 0 Å². The van der Waals surface area contributed by atoms with E-state index in [0.29, 0.717) is 12.5 Å². The highest BCUT2D eigenvalue weighted by atomic mass is 16.6. The summed E-state index contributed by atoms with van der Waals surface area (Å²) in [4.78, 5) is 14.2. The van der Waals surface area contributed by atoms with Gasteiger partial charge in [-0.05, 0) is 20.8 Å². The Labute approximate surface area is 65.2 Å². The van der Waals surface area contributed by atoms with Crippen LogP contribution in [0.5, 0.6) is 0 Å². The van der Waals surface area contributed by atoms with Crippen molar-refractivity contribution >= 4 is 12.0 Å². The average molecular weight is 157 g/mol. The molecule has 0 saturated heterocycles. The predicted molar refractivity (Wildman–Crippen MR) is 39.6 cm³/mol. The van der Waals surface area contributed by atoms with Crippen LogP contribution >= 0.6 is 0 Å². The summed E-state index contributed by atoms with van der Waals surface area (Å²) >= 11 is 0. The van der Waals surface area contributed by atoms with Gasteiger partial charge in [-0.25, -0.2) is 4.79 Å². The summed E-state index contributed by atoms with van der Waals surface area (Å²) in [6.07, 6.45) is -0.571. The van der Waals surface area contributed by atoms with Gasteiger partial charge in [-0.15, -0.1) is 4.99 Å². The fourth-order valence-electron chi connectivity index (χ4n) is 0.845. The van der Waals surface area contributed by atoms with Gasteiger partial charge in [0.2, 0.25) is 5.90 Å². The number of carbonyl (C=O) groups excluding carboxylic acids is 1. The van der Waals surface area contributed by atoms with E-state index in [1.54, 1.807) is 13.8 Å². The minimum absolute atomic E-state index is 0.366. The highest BCUT2D eigenvalue weighted by molar-refractivity contribution is 5.98. The van der Waals surface area contributed by atoms with Crippen LogP contribution < -0.4 is 0 Å². The summed E-state index contributed by atoms with van der Waals surface area (Å²) in [5, 5.41) is 0. The van der Waals surface area contributed by atoms with Gasteiger partial charge in [-0.1, -0.05) is 0 Å². The second-order valence-corrected chi connectivity index (χ2v) is 2.73. The van der Waals surface area contributed by atoms with E-state index in [9.17, 15) is 4.79 Å². The molecule has 0 aromatic rings. The zero-order valence-corrected chi connectivity index (χ0v) is 6.88. The monoisotopic (exact) mass is 157 g/mol. The number of hydrogen-bond donors (Lipinski definition) is 0. The Morgan fingerprint density at radius 1 is 1.64 bits per heavy atom. The molecule has 0 aromatic carbocycles. The molecule has 4 nitrogen and oxygen atoms in total. The standard InChI is InChI=1S/C7H11NO3/c1-4-10-5-7(2,3)11-6(9)8-5/h4H2,1-3H3. The smallest absolute Gasteiger partial charge is 0.437 e. The molecular formula is C7H11NO3. The van der Waals surface area contributed by atoms with Crippen LogP contribution in [0.2, 0.25) is 0 Å². The van der Waals surface area contributed by atoms with Gasteiger partial charge in [0, 0.05) is 0 Å². The maximum absolute atomic E-state index is 10.7. The minimum atomic E-state index is -0.687. The van der Waals surface area contributed by atoms with E-state index >= 15 is 0 Å². The molecule has 1 heterocycles. The molecule has 0 atom stereocenters. The van der Waals surface area contributed by atoms with Crippen molar-refractivity contribution in [2.75, 3.05) is 6.61 Å². The normalized spacial score (nSPS) is 21.0. The van der Waals surface area contributed by atoms with E-state index in [-0.39, 0.29) is 0 Å². The summed E-state index contributed by atoms with van der Waals surface area (Å²) in [5.74, 6) is 0.366. The predicted octanol–water partition coefficient (Wildman–Crippen LogP) is 1.35. The highest BCUT2D eigenvalue weighted by Crippen LogP contribution is 2.20. The molecule has 0 bridgehead atoms. The van der Waals surface area contributed by atoms with Crippen molar-refractivity contribution in [3.05, 3.63) is 0 Å². The van der Waals surface area contributed by atoms with Crippen LogP contribution in [0.1, 0.15) is 20.8 Å². The van der Waals surface area contributed by atoms with E-state index in [2.05, 4.69) is 4.99 Å². The molecule has 0 spiro atoms. The Bertz CT molecular complexity index is 208. The molecule has 62 valence electrons.